The molecule has 35 heavy (non-hydrogen) atoms. The molecular formula is C25H21F3N6O. The molecule has 2 N–H and O–H groups in total. The maximum Gasteiger partial charge on any atom is 0.416 e. The third kappa shape index (κ3) is 5.06. The second-order valence-corrected chi connectivity index (χ2v) is 7.75. The number of rotatable bonds is 5. The molecule has 2 aromatic carbocycles. The van der Waals surface area contributed by atoms with Crippen LogP contribution in [0, 0.1) is 6.92 Å². The Morgan fingerprint density at radius 1 is 1.06 bits per heavy atom. The highest BCUT2D eigenvalue weighted by Crippen LogP contribution is 2.31. The summed E-state index contributed by atoms with van der Waals surface area (Å²) in [6.45, 7) is 3.50. The van der Waals surface area contributed by atoms with Gasteiger partial charge in [-0.05, 0) is 73.6 Å². The van der Waals surface area contributed by atoms with Crippen LogP contribution in [0.15, 0.2) is 94.7 Å². The van der Waals surface area contributed by atoms with Gasteiger partial charge in [0.25, 0.3) is 0 Å². The lowest BCUT2D eigenvalue weighted by molar-refractivity contribution is -0.137. The lowest BCUT2D eigenvalue weighted by Gasteiger charge is -2.13. The van der Waals surface area contributed by atoms with Crippen LogP contribution in [0.4, 0.5) is 18.9 Å². The van der Waals surface area contributed by atoms with Gasteiger partial charge in [0.15, 0.2) is 5.69 Å². The number of hydrogen-bond donors (Lipinski definition) is 1. The summed E-state index contributed by atoms with van der Waals surface area (Å²) < 4.78 is 42.7. The first kappa shape index (κ1) is 23.7. The molecule has 0 atom stereocenters. The number of aryl methyl sites for hydroxylation is 1. The fourth-order valence-electron chi connectivity index (χ4n) is 3.45. The Morgan fingerprint density at radius 3 is 2.51 bits per heavy atom. The van der Waals surface area contributed by atoms with Crippen molar-refractivity contribution < 1.29 is 13.2 Å². The Morgan fingerprint density at radius 2 is 1.86 bits per heavy atom. The summed E-state index contributed by atoms with van der Waals surface area (Å²) in [4.78, 5) is 17.1. The van der Waals surface area contributed by atoms with E-state index in [2.05, 4.69) is 15.2 Å². The molecule has 2 heterocycles. The molecule has 0 saturated heterocycles. The van der Waals surface area contributed by atoms with Gasteiger partial charge in [-0.15, -0.1) is 0 Å². The van der Waals surface area contributed by atoms with E-state index < -0.39 is 17.2 Å². The first-order valence-corrected chi connectivity index (χ1v) is 10.5. The van der Waals surface area contributed by atoms with Crippen molar-refractivity contribution >= 4 is 11.4 Å². The Labute approximate surface area is 198 Å². The molecule has 2 aromatic heterocycles. The predicted octanol–water partition coefficient (Wildman–Crippen LogP) is 4.73. The monoisotopic (exact) mass is 478 g/mol. The van der Waals surface area contributed by atoms with E-state index in [0.717, 1.165) is 23.4 Å². The van der Waals surface area contributed by atoms with Crippen molar-refractivity contribution in [1.82, 2.24) is 19.6 Å². The Hall–Kier alpha value is -4.47. The van der Waals surface area contributed by atoms with Crippen LogP contribution in [0.2, 0.25) is 0 Å². The van der Waals surface area contributed by atoms with Crippen LogP contribution in [0.5, 0.6) is 0 Å². The third-order valence-electron chi connectivity index (χ3n) is 5.27. The maximum atomic E-state index is 13.2. The fourth-order valence-corrected chi connectivity index (χ4v) is 3.45. The molecule has 178 valence electrons. The summed E-state index contributed by atoms with van der Waals surface area (Å²) in [6.07, 6.45) is 1.72. The number of benzene rings is 2. The van der Waals surface area contributed by atoms with Gasteiger partial charge in [-0.3, -0.25) is 4.79 Å². The summed E-state index contributed by atoms with van der Waals surface area (Å²) in [7, 11) is 0. The normalized spacial score (nSPS) is 12.7. The molecule has 10 heteroatoms. The molecule has 0 saturated carbocycles. The zero-order valence-corrected chi connectivity index (χ0v) is 18.9. The zero-order valence-electron chi connectivity index (χ0n) is 18.9. The summed E-state index contributed by atoms with van der Waals surface area (Å²) >= 11 is 0. The van der Waals surface area contributed by atoms with E-state index in [0.29, 0.717) is 11.3 Å². The van der Waals surface area contributed by atoms with Crippen LogP contribution < -0.4 is 11.2 Å². The van der Waals surface area contributed by atoms with E-state index in [-0.39, 0.29) is 17.1 Å². The molecule has 0 spiro atoms. The molecule has 0 amide bonds. The Balaban J connectivity index is 1.81. The molecule has 4 aromatic rings. The molecule has 0 bridgehead atoms. The first-order valence-electron chi connectivity index (χ1n) is 10.5. The molecule has 0 fully saturated rings. The number of aliphatic imine (C=N–C) groups is 1. The molecule has 0 aliphatic carbocycles. The van der Waals surface area contributed by atoms with Crippen LogP contribution in [0.3, 0.4) is 0 Å². The molecule has 0 aliphatic heterocycles. The number of hydrogen-bond acceptors (Lipinski definition) is 5. The highest BCUT2D eigenvalue weighted by atomic mass is 19.4. The average molecular weight is 478 g/mol. The van der Waals surface area contributed by atoms with Gasteiger partial charge >= 0.3 is 6.18 Å². The molecule has 0 radical (unpaired) electrons. The van der Waals surface area contributed by atoms with Crippen LogP contribution in [0.25, 0.3) is 11.4 Å². The smallest absolute Gasteiger partial charge is 0.404 e. The zero-order chi connectivity index (χ0) is 25.2. The average Bonchev–Trinajstić information content (AvgIpc) is 3.37. The van der Waals surface area contributed by atoms with Crippen molar-refractivity contribution in [3.8, 4) is 11.4 Å². The van der Waals surface area contributed by atoms with Gasteiger partial charge in [-0.1, -0.05) is 6.07 Å². The lowest BCUT2D eigenvalue weighted by Crippen LogP contribution is -2.22. The molecule has 4 rings (SSSR count). The number of aromatic nitrogens is 4. The highest BCUT2D eigenvalue weighted by molar-refractivity contribution is 6.12. The first-order chi connectivity index (χ1) is 16.7. The van der Waals surface area contributed by atoms with Gasteiger partial charge in [0.2, 0.25) is 5.43 Å². The number of allylic oxidation sites excluding steroid dienone is 1. The number of nitrogens with zero attached hydrogens (tertiary/aromatic N) is 5. The van der Waals surface area contributed by atoms with E-state index in [1.165, 1.54) is 35.3 Å². The summed E-state index contributed by atoms with van der Waals surface area (Å²) in [5.74, 6) is 0. The van der Waals surface area contributed by atoms with Gasteiger partial charge in [-0.25, -0.2) is 14.4 Å². The Kier molecular flexibility index (Phi) is 6.37. The SMILES string of the molecule is CC(=CN)C(=Nc1cccc(C(F)(F)F)c1)c1nn(-c2ccc(-n3cccn3)cc2C)ccc1=O. The summed E-state index contributed by atoms with van der Waals surface area (Å²) in [5.41, 5.74) is 7.25. The quantitative estimate of drug-likeness (QED) is 0.420. The second-order valence-electron chi connectivity index (χ2n) is 7.75. The largest absolute Gasteiger partial charge is 0.416 e. The van der Waals surface area contributed by atoms with Crippen LogP contribution in [-0.4, -0.2) is 25.3 Å². The molecule has 0 unspecified atom stereocenters. The van der Waals surface area contributed by atoms with Crippen molar-refractivity contribution in [2.24, 2.45) is 10.7 Å². The fraction of sp³-hybridized carbons (Fsp3) is 0.120. The Bertz CT molecular complexity index is 1480. The van der Waals surface area contributed by atoms with E-state index in [4.69, 9.17) is 5.73 Å². The van der Waals surface area contributed by atoms with Gasteiger partial charge in [0.05, 0.1) is 28.3 Å². The number of nitrogens with two attached hydrogens (primary N) is 1. The van der Waals surface area contributed by atoms with E-state index in [9.17, 15) is 18.0 Å². The second kappa shape index (κ2) is 9.41. The maximum absolute atomic E-state index is 13.2. The van der Waals surface area contributed by atoms with Crippen LogP contribution >= 0.6 is 0 Å². The van der Waals surface area contributed by atoms with E-state index in [1.54, 1.807) is 17.8 Å². The molecule has 0 aliphatic rings. The van der Waals surface area contributed by atoms with Gasteiger partial charge in [-0.2, -0.15) is 23.4 Å². The van der Waals surface area contributed by atoms with Crippen LogP contribution in [-0.2, 0) is 6.18 Å². The van der Waals surface area contributed by atoms with Crippen molar-refractivity contribution in [1.29, 1.82) is 0 Å². The van der Waals surface area contributed by atoms with Gasteiger partial charge in [0, 0.05) is 24.7 Å². The van der Waals surface area contributed by atoms with E-state index >= 15 is 0 Å². The minimum Gasteiger partial charge on any atom is -0.404 e. The van der Waals surface area contributed by atoms with Crippen molar-refractivity contribution in [2.45, 2.75) is 20.0 Å². The number of alkyl halides is 3. The van der Waals surface area contributed by atoms with Gasteiger partial charge < -0.3 is 5.73 Å². The summed E-state index contributed by atoms with van der Waals surface area (Å²) in [5, 5.41) is 8.68. The predicted molar refractivity (Wildman–Crippen MR) is 127 cm³/mol. The minimum atomic E-state index is -4.53. The van der Waals surface area contributed by atoms with Crippen molar-refractivity contribution in [3.63, 3.8) is 0 Å². The van der Waals surface area contributed by atoms with E-state index in [1.807, 2.05) is 37.4 Å². The minimum absolute atomic E-state index is 0.0207. The highest BCUT2D eigenvalue weighted by Gasteiger charge is 2.30. The number of halogens is 3. The molecule has 7 nitrogen and oxygen atoms in total. The van der Waals surface area contributed by atoms with Crippen molar-refractivity contribution in [2.75, 3.05) is 0 Å². The standard InChI is InChI=1S/C25H21F3N6O/c1-16-13-20(33-11-4-10-30-33)7-8-21(16)34-12-9-22(35)24(32-34)23(17(2)15-29)31-19-6-3-5-18(14-19)25(26,27)28/h3-15H,29H2,1-2H3. The molecular weight excluding hydrogens is 457 g/mol. The topological polar surface area (TPSA) is 91.1 Å². The van der Waals surface area contributed by atoms with Crippen LogP contribution in [0.1, 0.15) is 23.7 Å². The van der Waals surface area contributed by atoms with Crippen molar-refractivity contribution in [3.05, 3.63) is 112 Å². The van der Waals surface area contributed by atoms with Gasteiger partial charge in [0.1, 0.15) is 0 Å². The third-order valence-corrected chi connectivity index (χ3v) is 5.27. The summed E-state index contributed by atoms with van der Waals surface area (Å²) in [6, 6.07) is 13.3. The lowest BCUT2D eigenvalue weighted by atomic mass is 10.1.